The van der Waals surface area contributed by atoms with E-state index in [4.69, 9.17) is 9.47 Å². The number of nitrogens with one attached hydrogen (secondary N) is 1. The molecule has 0 radical (unpaired) electrons. The zero-order chi connectivity index (χ0) is 12.4. The Hall–Kier alpha value is -1.33. The van der Waals surface area contributed by atoms with Crippen LogP contribution in [0.2, 0.25) is 0 Å². The number of rotatable bonds is 4. The molecule has 0 amide bonds. The van der Waals surface area contributed by atoms with Gasteiger partial charge in [0.05, 0.1) is 29.5 Å². The summed E-state index contributed by atoms with van der Waals surface area (Å²) in [5, 5.41) is 4.39. The van der Waals surface area contributed by atoms with Crippen LogP contribution in [0.5, 0.6) is 5.75 Å². The van der Waals surface area contributed by atoms with Crippen molar-refractivity contribution in [3.8, 4) is 5.75 Å². The van der Waals surface area contributed by atoms with Gasteiger partial charge in [0.15, 0.2) is 5.13 Å². The van der Waals surface area contributed by atoms with Crippen LogP contribution in [0.15, 0.2) is 18.2 Å². The van der Waals surface area contributed by atoms with Gasteiger partial charge < -0.3 is 14.8 Å². The molecule has 1 fully saturated rings. The van der Waals surface area contributed by atoms with Gasteiger partial charge in [0.25, 0.3) is 0 Å². The monoisotopic (exact) mass is 264 g/mol. The van der Waals surface area contributed by atoms with E-state index >= 15 is 0 Å². The van der Waals surface area contributed by atoms with Crippen LogP contribution in [0, 0.1) is 0 Å². The van der Waals surface area contributed by atoms with Crippen molar-refractivity contribution in [1.82, 2.24) is 4.98 Å². The van der Waals surface area contributed by atoms with Crippen LogP contribution in [-0.2, 0) is 4.74 Å². The lowest BCUT2D eigenvalue weighted by molar-refractivity contribution is 0.195. The Kier molecular flexibility index (Phi) is 3.34. The van der Waals surface area contributed by atoms with Crippen molar-refractivity contribution in [2.75, 3.05) is 25.1 Å². The van der Waals surface area contributed by atoms with Crippen LogP contribution in [0.4, 0.5) is 5.13 Å². The first-order chi connectivity index (χ1) is 8.85. The minimum Gasteiger partial charge on any atom is -0.494 e. The largest absolute Gasteiger partial charge is 0.494 e. The molecule has 18 heavy (non-hydrogen) atoms. The molecule has 2 aromatic rings. The van der Waals surface area contributed by atoms with Gasteiger partial charge in [-0.25, -0.2) is 4.98 Å². The van der Waals surface area contributed by atoms with E-state index in [0.29, 0.717) is 12.6 Å². The van der Waals surface area contributed by atoms with Gasteiger partial charge in [-0.1, -0.05) is 11.3 Å². The number of aromatic nitrogens is 1. The van der Waals surface area contributed by atoms with Crippen LogP contribution in [0.3, 0.4) is 0 Å². The number of fused-ring (bicyclic) bond motifs is 1. The van der Waals surface area contributed by atoms with Crippen molar-refractivity contribution < 1.29 is 9.47 Å². The molecular formula is C13H16N2O2S. The average Bonchev–Trinajstić information content (AvgIpc) is 2.98. The lowest BCUT2D eigenvalue weighted by Crippen LogP contribution is -2.18. The third-order valence-electron chi connectivity index (χ3n) is 2.93. The maximum Gasteiger partial charge on any atom is 0.184 e. The minimum absolute atomic E-state index is 0.400. The van der Waals surface area contributed by atoms with Crippen LogP contribution in [-0.4, -0.2) is 30.8 Å². The molecule has 2 heterocycles. The van der Waals surface area contributed by atoms with Crippen molar-refractivity contribution in [2.24, 2.45) is 0 Å². The van der Waals surface area contributed by atoms with E-state index in [1.165, 1.54) is 0 Å². The first-order valence-electron chi connectivity index (χ1n) is 6.23. The molecule has 5 heteroatoms. The van der Waals surface area contributed by atoms with E-state index in [0.717, 1.165) is 40.7 Å². The summed E-state index contributed by atoms with van der Waals surface area (Å²) in [6.45, 7) is 4.30. The lowest BCUT2D eigenvalue weighted by atomic mass is 10.3. The van der Waals surface area contributed by atoms with Crippen molar-refractivity contribution in [1.29, 1.82) is 0 Å². The number of anilines is 1. The van der Waals surface area contributed by atoms with Crippen molar-refractivity contribution in [2.45, 2.75) is 19.4 Å². The average molecular weight is 264 g/mol. The molecule has 1 N–H and O–H groups in total. The number of benzene rings is 1. The topological polar surface area (TPSA) is 43.4 Å². The molecule has 96 valence electrons. The Morgan fingerprint density at radius 2 is 2.50 bits per heavy atom. The normalized spacial score (nSPS) is 19.3. The molecule has 0 bridgehead atoms. The fourth-order valence-electron chi connectivity index (χ4n) is 2.05. The Bertz CT molecular complexity index is 535. The number of hydrogen-bond acceptors (Lipinski definition) is 5. The van der Waals surface area contributed by atoms with Crippen molar-refractivity contribution >= 4 is 26.7 Å². The summed E-state index contributed by atoms with van der Waals surface area (Å²) in [4.78, 5) is 4.57. The molecule has 1 unspecified atom stereocenters. The van der Waals surface area contributed by atoms with Crippen molar-refractivity contribution in [3.05, 3.63) is 18.2 Å². The van der Waals surface area contributed by atoms with E-state index in [2.05, 4.69) is 10.3 Å². The Balaban J connectivity index is 1.81. The van der Waals surface area contributed by atoms with Gasteiger partial charge in [0.2, 0.25) is 0 Å². The smallest absolute Gasteiger partial charge is 0.184 e. The molecule has 1 aromatic carbocycles. The summed E-state index contributed by atoms with van der Waals surface area (Å²) in [5.41, 5.74) is 1.02. The highest BCUT2D eigenvalue weighted by atomic mass is 32.1. The van der Waals surface area contributed by atoms with E-state index in [1.807, 2.05) is 25.1 Å². The Morgan fingerprint density at radius 3 is 3.28 bits per heavy atom. The summed E-state index contributed by atoms with van der Waals surface area (Å²) < 4.78 is 12.0. The molecule has 0 spiro atoms. The summed E-state index contributed by atoms with van der Waals surface area (Å²) in [6.07, 6.45) is 1.06. The zero-order valence-electron chi connectivity index (χ0n) is 10.3. The molecule has 1 aliphatic rings. The number of nitrogens with zero attached hydrogens (tertiary/aromatic N) is 1. The number of thiazole rings is 1. The fourth-order valence-corrected chi connectivity index (χ4v) is 3.02. The van der Waals surface area contributed by atoms with Crippen molar-refractivity contribution in [3.63, 3.8) is 0 Å². The lowest BCUT2D eigenvalue weighted by Gasteiger charge is -2.07. The van der Waals surface area contributed by atoms with Crippen LogP contribution in [0.1, 0.15) is 13.3 Å². The Morgan fingerprint density at radius 1 is 1.56 bits per heavy atom. The van der Waals surface area contributed by atoms with Gasteiger partial charge in [0, 0.05) is 6.61 Å². The third kappa shape index (κ3) is 2.42. The highest BCUT2D eigenvalue weighted by Crippen LogP contribution is 2.30. The molecule has 1 aliphatic heterocycles. The maximum atomic E-state index is 5.50. The van der Waals surface area contributed by atoms with E-state index in [1.54, 1.807) is 11.3 Å². The van der Waals surface area contributed by atoms with Gasteiger partial charge >= 0.3 is 0 Å². The Labute approximate surface area is 110 Å². The van der Waals surface area contributed by atoms with Crippen LogP contribution < -0.4 is 10.1 Å². The van der Waals surface area contributed by atoms with E-state index in [-0.39, 0.29) is 0 Å². The standard InChI is InChI=1S/C13H16N2O2S/c1-2-17-10-3-4-11-12(7-10)18-13(15-11)14-9-5-6-16-8-9/h3-4,7,9H,2,5-6,8H2,1H3,(H,14,15). The van der Waals surface area contributed by atoms with Gasteiger partial charge in [0.1, 0.15) is 5.75 Å². The molecule has 1 aromatic heterocycles. The summed E-state index contributed by atoms with van der Waals surface area (Å²) in [5.74, 6) is 0.907. The molecule has 1 atom stereocenters. The van der Waals surface area contributed by atoms with Gasteiger partial charge in [-0.05, 0) is 31.5 Å². The highest BCUT2D eigenvalue weighted by Gasteiger charge is 2.16. The SMILES string of the molecule is CCOc1ccc2nc(NC3CCOC3)sc2c1. The molecule has 3 rings (SSSR count). The van der Waals surface area contributed by atoms with E-state index < -0.39 is 0 Å². The second-order valence-corrected chi connectivity index (χ2v) is 5.32. The fraction of sp³-hybridized carbons (Fsp3) is 0.462. The summed E-state index contributed by atoms with van der Waals surface area (Å²) >= 11 is 1.67. The first-order valence-corrected chi connectivity index (χ1v) is 7.04. The molecular weight excluding hydrogens is 248 g/mol. The van der Waals surface area contributed by atoms with Gasteiger partial charge in [-0.3, -0.25) is 0 Å². The molecule has 4 nitrogen and oxygen atoms in total. The number of ether oxygens (including phenoxy) is 2. The minimum atomic E-state index is 0.400. The number of hydrogen-bond donors (Lipinski definition) is 1. The summed E-state index contributed by atoms with van der Waals surface area (Å²) in [7, 11) is 0. The summed E-state index contributed by atoms with van der Waals surface area (Å²) in [6, 6.07) is 6.42. The highest BCUT2D eigenvalue weighted by molar-refractivity contribution is 7.22. The second-order valence-electron chi connectivity index (χ2n) is 4.29. The van der Waals surface area contributed by atoms with Gasteiger partial charge in [-0.15, -0.1) is 0 Å². The third-order valence-corrected chi connectivity index (χ3v) is 3.88. The predicted octanol–water partition coefficient (Wildman–Crippen LogP) is 2.90. The maximum absolute atomic E-state index is 5.50. The van der Waals surface area contributed by atoms with Crippen LogP contribution >= 0.6 is 11.3 Å². The molecule has 1 saturated heterocycles. The molecule has 0 saturated carbocycles. The second kappa shape index (κ2) is 5.12. The zero-order valence-corrected chi connectivity index (χ0v) is 11.1. The predicted molar refractivity (Wildman–Crippen MR) is 73.6 cm³/mol. The molecule has 0 aliphatic carbocycles. The van der Waals surface area contributed by atoms with Gasteiger partial charge in [-0.2, -0.15) is 0 Å². The van der Waals surface area contributed by atoms with Crippen LogP contribution in [0.25, 0.3) is 10.2 Å². The quantitative estimate of drug-likeness (QED) is 0.922. The first kappa shape index (κ1) is 11.7. The van der Waals surface area contributed by atoms with E-state index in [9.17, 15) is 0 Å².